The molecule has 0 saturated carbocycles. The van der Waals surface area contributed by atoms with Crippen molar-refractivity contribution < 1.29 is 9.53 Å². The molecule has 90 valence electrons. The number of ether oxygens (including phenoxy) is 1. The Bertz CT molecular complexity index is 465. The molecule has 0 N–H and O–H groups in total. The van der Waals surface area contributed by atoms with E-state index in [1.807, 2.05) is 0 Å². The second-order valence-corrected chi connectivity index (χ2v) is 5.74. The molecule has 3 nitrogen and oxygen atoms in total. The van der Waals surface area contributed by atoms with Crippen molar-refractivity contribution in [3.8, 4) is 0 Å². The van der Waals surface area contributed by atoms with Crippen molar-refractivity contribution in [2.75, 3.05) is 6.54 Å². The Balaban J connectivity index is 1.87. The van der Waals surface area contributed by atoms with Gasteiger partial charge in [-0.15, -0.1) is 0 Å². The van der Waals surface area contributed by atoms with Gasteiger partial charge in [-0.1, -0.05) is 12.5 Å². The first-order valence-electron chi connectivity index (χ1n) is 6.60. The summed E-state index contributed by atoms with van der Waals surface area (Å²) in [6, 6.07) is 0.913. The molecule has 0 radical (unpaired) electrons. The molecule has 3 atom stereocenters. The second-order valence-electron chi connectivity index (χ2n) is 5.74. The van der Waals surface area contributed by atoms with E-state index < -0.39 is 0 Å². The quantitative estimate of drug-likeness (QED) is 0.595. The van der Waals surface area contributed by atoms with Crippen LogP contribution in [0.2, 0.25) is 0 Å². The minimum Gasteiger partial charge on any atom is -0.449 e. The van der Waals surface area contributed by atoms with Gasteiger partial charge >= 0.3 is 5.97 Å². The lowest BCUT2D eigenvalue weighted by Crippen LogP contribution is -2.48. The molecular formula is C14H17NO2. The van der Waals surface area contributed by atoms with E-state index in [0.717, 1.165) is 18.5 Å². The zero-order valence-electron chi connectivity index (χ0n) is 10.1. The number of fused-ring (bicyclic) bond motifs is 3. The van der Waals surface area contributed by atoms with Crippen molar-refractivity contribution >= 4 is 5.97 Å². The number of carbonyl (C=O) groups is 1. The summed E-state index contributed by atoms with van der Waals surface area (Å²) in [7, 11) is 0. The molecular weight excluding hydrogens is 214 g/mol. The summed E-state index contributed by atoms with van der Waals surface area (Å²) in [5.41, 5.74) is 2.12. The summed E-state index contributed by atoms with van der Waals surface area (Å²) < 4.78 is 5.77. The van der Waals surface area contributed by atoms with Crippen LogP contribution in [-0.4, -0.2) is 35.1 Å². The van der Waals surface area contributed by atoms with Gasteiger partial charge in [-0.05, 0) is 31.9 Å². The average Bonchev–Trinajstić information content (AvgIpc) is 2.79. The largest absolute Gasteiger partial charge is 0.449 e. The molecule has 2 fully saturated rings. The van der Waals surface area contributed by atoms with Gasteiger partial charge in [0.2, 0.25) is 0 Å². The van der Waals surface area contributed by atoms with Crippen LogP contribution in [0.4, 0.5) is 0 Å². The van der Waals surface area contributed by atoms with Gasteiger partial charge in [0.1, 0.15) is 0 Å². The van der Waals surface area contributed by atoms with Crippen molar-refractivity contribution in [2.45, 2.75) is 50.3 Å². The molecule has 1 aliphatic carbocycles. The van der Waals surface area contributed by atoms with Gasteiger partial charge in [-0.2, -0.15) is 0 Å². The van der Waals surface area contributed by atoms with Gasteiger partial charge in [0.05, 0.1) is 6.04 Å². The van der Waals surface area contributed by atoms with Crippen LogP contribution in [0, 0.1) is 0 Å². The summed E-state index contributed by atoms with van der Waals surface area (Å²) in [6.07, 6.45) is 8.74. The lowest BCUT2D eigenvalue weighted by atomic mass is 9.77. The van der Waals surface area contributed by atoms with E-state index in [4.69, 9.17) is 4.74 Å². The van der Waals surface area contributed by atoms with Gasteiger partial charge in [0.25, 0.3) is 0 Å². The van der Waals surface area contributed by atoms with E-state index in [2.05, 4.69) is 17.9 Å². The van der Waals surface area contributed by atoms with Crippen LogP contribution in [0.3, 0.4) is 0 Å². The first-order valence-corrected chi connectivity index (χ1v) is 6.60. The third-order valence-corrected chi connectivity index (χ3v) is 4.89. The Labute approximate surface area is 101 Å². The Hall–Kier alpha value is -1.09. The zero-order valence-corrected chi connectivity index (χ0v) is 10.1. The number of esters is 1. The number of rotatable bonds is 0. The summed E-state index contributed by atoms with van der Waals surface area (Å²) in [6.45, 7) is 3.28. The maximum atomic E-state index is 11.7. The van der Waals surface area contributed by atoms with Crippen LogP contribution >= 0.6 is 0 Å². The van der Waals surface area contributed by atoms with Gasteiger partial charge in [-0.25, -0.2) is 4.79 Å². The summed E-state index contributed by atoms with van der Waals surface area (Å²) in [5, 5.41) is 0. The summed E-state index contributed by atoms with van der Waals surface area (Å²) >= 11 is 0. The van der Waals surface area contributed by atoms with Gasteiger partial charge in [-0.3, -0.25) is 4.90 Å². The number of carbonyl (C=O) groups excluding carboxylic acids is 1. The topological polar surface area (TPSA) is 29.5 Å². The fourth-order valence-electron chi connectivity index (χ4n) is 4.30. The smallest absolute Gasteiger partial charge is 0.332 e. The molecule has 0 aromatic carbocycles. The molecule has 1 spiro atoms. The number of nitrogens with zero attached hydrogens (tertiary/aromatic N) is 1. The maximum absolute atomic E-state index is 11.7. The third-order valence-electron chi connectivity index (χ3n) is 4.89. The van der Waals surface area contributed by atoms with E-state index in [1.165, 1.54) is 24.8 Å². The van der Waals surface area contributed by atoms with Crippen molar-refractivity contribution in [2.24, 2.45) is 0 Å². The molecule has 3 heterocycles. The number of piperidine rings is 1. The summed E-state index contributed by atoms with van der Waals surface area (Å²) in [5.74, 6) is -0.138. The highest BCUT2D eigenvalue weighted by Crippen LogP contribution is 2.53. The normalized spacial score (nSPS) is 43.7. The van der Waals surface area contributed by atoms with Crippen LogP contribution in [0.5, 0.6) is 0 Å². The minimum atomic E-state index is -0.291. The molecule has 4 aliphatic rings. The molecule has 17 heavy (non-hydrogen) atoms. The molecule has 2 bridgehead atoms. The van der Waals surface area contributed by atoms with E-state index in [0.29, 0.717) is 12.1 Å². The van der Waals surface area contributed by atoms with E-state index in [9.17, 15) is 4.79 Å². The minimum absolute atomic E-state index is 0.138. The van der Waals surface area contributed by atoms with Crippen LogP contribution in [-0.2, 0) is 9.53 Å². The third kappa shape index (κ3) is 1.08. The molecule has 0 amide bonds. The van der Waals surface area contributed by atoms with Crippen LogP contribution in [0.1, 0.15) is 32.6 Å². The Morgan fingerprint density at radius 1 is 1.47 bits per heavy atom. The van der Waals surface area contributed by atoms with Crippen LogP contribution in [0.15, 0.2) is 23.3 Å². The van der Waals surface area contributed by atoms with E-state index in [1.54, 1.807) is 6.08 Å². The predicted octanol–water partition coefficient (Wildman–Crippen LogP) is 1.80. The second kappa shape index (κ2) is 3.02. The van der Waals surface area contributed by atoms with Crippen molar-refractivity contribution in [3.05, 3.63) is 23.3 Å². The van der Waals surface area contributed by atoms with E-state index in [-0.39, 0.29) is 11.6 Å². The Kier molecular flexibility index (Phi) is 1.76. The average molecular weight is 231 g/mol. The Morgan fingerprint density at radius 2 is 2.35 bits per heavy atom. The van der Waals surface area contributed by atoms with Crippen molar-refractivity contribution in [1.82, 2.24) is 4.90 Å². The number of hydrogen-bond donors (Lipinski definition) is 0. The molecule has 0 aromatic heterocycles. The lowest BCUT2D eigenvalue weighted by Gasteiger charge is -2.38. The SMILES string of the molecule is CC1=CC2CC3(OC(=O)C=C13)C1CCCCN21. The summed E-state index contributed by atoms with van der Waals surface area (Å²) in [4.78, 5) is 14.2. The fraction of sp³-hybridized carbons (Fsp3) is 0.643. The van der Waals surface area contributed by atoms with Crippen molar-refractivity contribution in [1.29, 1.82) is 0 Å². The zero-order chi connectivity index (χ0) is 11.6. The first kappa shape index (κ1) is 9.89. The lowest BCUT2D eigenvalue weighted by molar-refractivity contribution is -0.148. The van der Waals surface area contributed by atoms with Crippen LogP contribution < -0.4 is 0 Å². The standard InChI is InChI=1S/C14H17NO2/c1-9-6-10-8-14(11(9)7-13(16)17-14)12-4-2-3-5-15(10)12/h6-7,10,12H,2-5,8H2,1H3. The highest BCUT2D eigenvalue weighted by atomic mass is 16.6. The molecule has 3 aliphatic heterocycles. The van der Waals surface area contributed by atoms with Gasteiger partial charge < -0.3 is 4.74 Å². The Morgan fingerprint density at radius 3 is 3.24 bits per heavy atom. The predicted molar refractivity (Wildman–Crippen MR) is 63.4 cm³/mol. The maximum Gasteiger partial charge on any atom is 0.332 e. The molecule has 0 aromatic rings. The first-order chi connectivity index (χ1) is 8.21. The molecule has 4 rings (SSSR count). The highest BCUT2D eigenvalue weighted by Gasteiger charge is 2.61. The fourth-order valence-corrected chi connectivity index (χ4v) is 4.30. The highest BCUT2D eigenvalue weighted by molar-refractivity contribution is 5.89. The van der Waals surface area contributed by atoms with Gasteiger partial charge in [0.15, 0.2) is 5.60 Å². The molecule has 3 unspecified atom stereocenters. The van der Waals surface area contributed by atoms with Gasteiger partial charge in [0, 0.05) is 24.1 Å². The van der Waals surface area contributed by atoms with Crippen molar-refractivity contribution in [3.63, 3.8) is 0 Å². The number of hydrogen-bond acceptors (Lipinski definition) is 3. The van der Waals surface area contributed by atoms with E-state index >= 15 is 0 Å². The molecule has 2 saturated heterocycles. The van der Waals surface area contributed by atoms with Crippen LogP contribution in [0.25, 0.3) is 0 Å². The molecule has 3 heteroatoms. The monoisotopic (exact) mass is 231 g/mol.